The van der Waals surface area contributed by atoms with Gasteiger partial charge in [-0.3, -0.25) is 4.98 Å². The summed E-state index contributed by atoms with van der Waals surface area (Å²) in [6, 6.07) is 4.20. The Balaban J connectivity index is 1.34. The molecular weight excluding hydrogens is 366 g/mol. The highest BCUT2D eigenvalue weighted by Crippen LogP contribution is 2.40. The van der Waals surface area contributed by atoms with E-state index in [4.69, 9.17) is 9.72 Å². The molecule has 5 rings (SSSR count). The number of rotatable bonds is 3. The van der Waals surface area contributed by atoms with E-state index < -0.39 is 0 Å². The van der Waals surface area contributed by atoms with Crippen LogP contribution in [0, 0.1) is 0 Å². The number of urea groups is 1. The summed E-state index contributed by atoms with van der Waals surface area (Å²) < 4.78 is 5.37. The summed E-state index contributed by atoms with van der Waals surface area (Å²) in [5.41, 5.74) is 3.37. The second-order valence-electron chi connectivity index (χ2n) is 8.18. The zero-order valence-corrected chi connectivity index (χ0v) is 16.7. The predicted molar refractivity (Wildman–Crippen MR) is 109 cm³/mol. The Hall–Kier alpha value is -2.54. The molecule has 3 fully saturated rings. The maximum absolute atomic E-state index is 12.8. The molecule has 2 aromatic rings. The van der Waals surface area contributed by atoms with E-state index in [1.54, 1.807) is 0 Å². The highest BCUT2D eigenvalue weighted by atomic mass is 16.5. The van der Waals surface area contributed by atoms with E-state index in [2.05, 4.69) is 9.97 Å². The zero-order valence-electron chi connectivity index (χ0n) is 16.7. The summed E-state index contributed by atoms with van der Waals surface area (Å²) in [7, 11) is 0. The van der Waals surface area contributed by atoms with Crippen molar-refractivity contribution in [3.05, 3.63) is 42.2 Å². The number of morpholine rings is 1. The van der Waals surface area contributed by atoms with Gasteiger partial charge in [0.15, 0.2) is 0 Å². The number of carbonyl (C=O) groups is 1. The third kappa shape index (κ3) is 3.96. The summed E-state index contributed by atoms with van der Waals surface area (Å²) in [6.45, 7) is 4.23. The van der Waals surface area contributed by atoms with Gasteiger partial charge in [0.05, 0.1) is 18.9 Å². The van der Waals surface area contributed by atoms with Crippen LogP contribution in [-0.2, 0) is 4.74 Å². The zero-order chi connectivity index (χ0) is 19.6. The molecule has 4 heterocycles. The van der Waals surface area contributed by atoms with Crippen molar-refractivity contribution in [2.75, 3.05) is 39.4 Å². The van der Waals surface area contributed by atoms with Crippen molar-refractivity contribution in [2.24, 2.45) is 0 Å². The molecule has 0 unspecified atom stereocenters. The van der Waals surface area contributed by atoms with E-state index in [1.165, 1.54) is 12.8 Å². The largest absolute Gasteiger partial charge is 0.378 e. The minimum Gasteiger partial charge on any atom is -0.378 e. The van der Waals surface area contributed by atoms with Gasteiger partial charge < -0.3 is 14.5 Å². The highest BCUT2D eigenvalue weighted by molar-refractivity contribution is 5.74. The third-order valence-electron chi connectivity index (χ3n) is 6.20. The van der Waals surface area contributed by atoms with E-state index >= 15 is 0 Å². The Kier molecular flexibility index (Phi) is 5.14. The molecule has 0 spiro atoms. The Bertz CT molecular complexity index is 857. The highest BCUT2D eigenvalue weighted by Gasteiger charge is 2.32. The van der Waals surface area contributed by atoms with Crippen LogP contribution < -0.4 is 0 Å². The number of hydrogen-bond donors (Lipinski definition) is 0. The van der Waals surface area contributed by atoms with Gasteiger partial charge in [0.2, 0.25) is 0 Å². The molecule has 152 valence electrons. The minimum atomic E-state index is 0.155. The number of aromatic nitrogens is 3. The Morgan fingerprint density at radius 2 is 1.62 bits per heavy atom. The summed E-state index contributed by atoms with van der Waals surface area (Å²) in [6.07, 6.45) is 9.90. The average Bonchev–Trinajstić information content (AvgIpc) is 3.65. The second-order valence-corrected chi connectivity index (χ2v) is 8.18. The molecule has 2 saturated heterocycles. The topological polar surface area (TPSA) is 71.5 Å². The van der Waals surface area contributed by atoms with Crippen molar-refractivity contribution in [2.45, 2.75) is 37.5 Å². The smallest absolute Gasteiger partial charge is 0.320 e. The Morgan fingerprint density at radius 3 is 2.31 bits per heavy atom. The van der Waals surface area contributed by atoms with E-state index in [0.29, 0.717) is 38.1 Å². The van der Waals surface area contributed by atoms with Crippen LogP contribution in [-0.4, -0.2) is 70.2 Å². The number of nitrogens with zero attached hydrogens (tertiary/aromatic N) is 5. The predicted octanol–water partition coefficient (Wildman–Crippen LogP) is 3.05. The van der Waals surface area contributed by atoms with Crippen molar-refractivity contribution in [1.82, 2.24) is 24.8 Å². The number of hydrogen-bond acceptors (Lipinski definition) is 5. The molecule has 2 amide bonds. The molecule has 0 N–H and O–H groups in total. The fourth-order valence-electron chi connectivity index (χ4n) is 4.31. The fourth-order valence-corrected chi connectivity index (χ4v) is 4.31. The van der Waals surface area contributed by atoms with Crippen molar-refractivity contribution in [3.8, 4) is 11.1 Å². The summed E-state index contributed by atoms with van der Waals surface area (Å²) in [4.78, 5) is 30.6. The number of carbonyl (C=O) groups excluding carboxylic acids is 1. The van der Waals surface area contributed by atoms with Crippen LogP contribution in [0.2, 0.25) is 0 Å². The first-order chi connectivity index (χ1) is 14.3. The van der Waals surface area contributed by atoms with Gasteiger partial charge in [0.25, 0.3) is 0 Å². The van der Waals surface area contributed by atoms with Crippen LogP contribution in [0.4, 0.5) is 4.79 Å². The Morgan fingerprint density at radius 1 is 0.931 bits per heavy atom. The van der Waals surface area contributed by atoms with Gasteiger partial charge in [-0.1, -0.05) is 0 Å². The van der Waals surface area contributed by atoms with Gasteiger partial charge in [-0.25, -0.2) is 14.8 Å². The molecule has 0 atom stereocenters. The van der Waals surface area contributed by atoms with Crippen molar-refractivity contribution >= 4 is 6.03 Å². The van der Waals surface area contributed by atoms with Crippen molar-refractivity contribution in [3.63, 3.8) is 0 Å². The lowest BCUT2D eigenvalue weighted by atomic mass is 9.89. The van der Waals surface area contributed by atoms with Crippen LogP contribution in [0.25, 0.3) is 11.1 Å². The quantitative estimate of drug-likeness (QED) is 0.802. The van der Waals surface area contributed by atoms with Crippen LogP contribution >= 0.6 is 0 Å². The van der Waals surface area contributed by atoms with E-state index in [9.17, 15) is 4.79 Å². The molecule has 0 aromatic carbocycles. The normalized spacial score (nSPS) is 20.7. The van der Waals surface area contributed by atoms with E-state index in [-0.39, 0.29) is 6.03 Å². The lowest BCUT2D eigenvalue weighted by Crippen LogP contribution is -2.50. The fraction of sp³-hybridized carbons (Fsp3) is 0.545. The van der Waals surface area contributed by atoms with Gasteiger partial charge in [-0.05, 0) is 43.4 Å². The number of pyridine rings is 1. The molecule has 0 radical (unpaired) electrons. The summed E-state index contributed by atoms with van der Waals surface area (Å²) in [5, 5.41) is 0. The molecule has 2 aromatic heterocycles. The number of likely N-dealkylation sites (tertiary alicyclic amines) is 1. The van der Waals surface area contributed by atoms with Gasteiger partial charge in [0.1, 0.15) is 5.82 Å². The SMILES string of the molecule is O=C(N1CCOCC1)N1CCC(c2nc(C3CC3)ncc2-c2ccncc2)CC1. The molecule has 7 heteroatoms. The number of ether oxygens (including phenoxy) is 1. The standard InChI is InChI=1S/C22H27N5O2/c28-22(27-11-13-29-14-12-27)26-9-5-17(6-10-26)20-19(16-3-7-23-8-4-16)15-24-21(25-20)18-1-2-18/h3-4,7-8,15,17-18H,1-2,5-6,9-14H2. The van der Waals surface area contributed by atoms with Crippen molar-refractivity contribution in [1.29, 1.82) is 0 Å². The number of amides is 2. The second kappa shape index (κ2) is 8.06. The molecule has 29 heavy (non-hydrogen) atoms. The minimum absolute atomic E-state index is 0.155. The van der Waals surface area contributed by atoms with Crippen molar-refractivity contribution < 1.29 is 9.53 Å². The molecule has 0 bridgehead atoms. The average molecular weight is 393 g/mol. The van der Waals surface area contributed by atoms with Gasteiger partial charge in [-0.2, -0.15) is 0 Å². The molecule has 3 aliphatic rings. The summed E-state index contributed by atoms with van der Waals surface area (Å²) in [5.74, 6) is 1.88. The monoisotopic (exact) mass is 393 g/mol. The first-order valence-electron chi connectivity index (χ1n) is 10.7. The van der Waals surface area contributed by atoms with Gasteiger partial charge in [0, 0.05) is 62.2 Å². The van der Waals surface area contributed by atoms with Gasteiger partial charge in [-0.15, -0.1) is 0 Å². The van der Waals surface area contributed by atoms with Crippen LogP contribution in [0.5, 0.6) is 0 Å². The Labute approximate surface area is 171 Å². The molecular formula is C22H27N5O2. The lowest BCUT2D eigenvalue weighted by molar-refractivity contribution is 0.0411. The maximum atomic E-state index is 12.8. The third-order valence-corrected chi connectivity index (χ3v) is 6.20. The molecule has 1 aliphatic carbocycles. The maximum Gasteiger partial charge on any atom is 0.320 e. The van der Waals surface area contributed by atoms with Gasteiger partial charge >= 0.3 is 6.03 Å². The first kappa shape index (κ1) is 18.5. The first-order valence-corrected chi connectivity index (χ1v) is 10.7. The summed E-state index contributed by atoms with van der Waals surface area (Å²) >= 11 is 0. The van der Waals surface area contributed by atoms with E-state index in [1.807, 2.05) is 40.5 Å². The van der Waals surface area contributed by atoms with E-state index in [0.717, 1.165) is 48.6 Å². The lowest BCUT2D eigenvalue weighted by Gasteiger charge is -2.37. The van der Waals surface area contributed by atoms with Crippen LogP contribution in [0.3, 0.4) is 0 Å². The molecule has 1 saturated carbocycles. The molecule has 7 nitrogen and oxygen atoms in total. The van der Waals surface area contributed by atoms with Crippen LogP contribution in [0.15, 0.2) is 30.7 Å². The molecule has 2 aliphatic heterocycles. The van der Waals surface area contributed by atoms with Crippen LogP contribution in [0.1, 0.15) is 49.0 Å². The number of piperidine rings is 1.